The Kier molecular flexibility index (Phi) is 8.80. The Bertz CT molecular complexity index is 1400. The van der Waals surface area contributed by atoms with Gasteiger partial charge in [0.1, 0.15) is 5.84 Å². The van der Waals surface area contributed by atoms with E-state index in [0.29, 0.717) is 34.5 Å². The van der Waals surface area contributed by atoms with Gasteiger partial charge in [-0.1, -0.05) is 62.4 Å². The van der Waals surface area contributed by atoms with Crippen LogP contribution in [-0.2, 0) is 26.0 Å². The first kappa shape index (κ1) is 27.6. The molecular formula is C27H30N4O5S. The summed E-state index contributed by atoms with van der Waals surface area (Å²) in [6.07, 6.45) is 1.16. The van der Waals surface area contributed by atoms with Crippen LogP contribution in [0.1, 0.15) is 25.0 Å². The molecule has 0 heterocycles. The number of anilines is 1. The van der Waals surface area contributed by atoms with Crippen molar-refractivity contribution in [2.45, 2.75) is 25.3 Å². The van der Waals surface area contributed by atoms with Gasteiger partial charge < -0.3 is 10.2 Å². The van der Waals surface area contributed by atoms with Gasteiger partial charge in [0.05, 0.1) is 4.90 Å². The highest BCUT2D eigenvalue weighted by molar-refractivity contribution is 7.90. The quantitative estimate of drug-likeness (QED) is 0.155. The minimum atomic E-state index is -3.43. The molecule has 2 amide bonds. The van der Waals surface area contributed by atoms with E-state index < -0.39 is 21.7 Å². The highest BCUT2D eigenvalue weighted by Crippen LogP contribution is 2.29. The highest BCUT2D eigenvalue weighted by Gasteiger charge is 2.24. The van der Waals surface area contributed by atoms with Gasteiger partial charge in [-0.05, 0) is 41.3 Å². The van der Waals surface area contributed by atoms with Crippen molar-refractivity contribution in [2.24, 2.45) is 5.92 Å². The monoisotopic (exact) mass is 522 g/mol. The maximum atomic E-state index is 13.1. The van der Waals surface area contributed by atoms with Crippen LogP contribution in [0, 0.1) is 11.3 Å². The summed E-state index contributed by atoms with van der Waals surface area (Å²) in [6, 6.07) is 20.2. The molecule has 4 N–H and O–H groups in total. The predicted octanol–water partition coefficient (Wildman–Crippen LogP) is 3.37. The Morgan fingerprint density at radius 2 is 1.68 bits per heavy atom. The molecule has 0 aliphatic heterocycles. The second-order valence-corrected chi connectivity index (χ2v) is 11.0. The first-order valence-corrected chi connectivity index (χ1v) is 13.5. The Balaban J connectivity index is 1.80. The molecule has 0 aromatic heterocycles. The fourth-order valence-corrected chi connectivity index (χ4v) is 4.71. The first-order chi connectivity index (χ1) is 17.5. The number of carbonyl (C=O) groups excluding carboxylic acids is 2. The predicted molar refractivity (Wildman–Crippen MR) is 142 cm³/mol. The molecule has 0 radical (unpaired) electrons. The number of sulfone groups is 1. The first-order valence-electron chi connectivity index (χ1n) is 11.6. The lowest BCUT2D eigenvalue weighted by Crippen LogP contribution is -2.44. The van der Waals surface area contributed by atoms with Crippen molar-refractivity contribution in [3.63, 3.8) is 0 Å². The van der Waals surface area contributed by atoms with E-state index in [1.54, 1.807) is 78.3 Å². The summed E-state index contributed by atoms with van der Waals surface area (Å²) in [5.74, 6) is -1.61. The second kappa shape index (κ2) is 11.8. The molecule has 0 unspecified atom stereocenters. The van der Waals surface area contributed by atoms with E-state index in [-0.39, 0.29) is 23.2 Å². The largest absolute Gasteiger partial charge is 0.344 e. The summed E-state index contributed by atoms with van der Waals surface area (Å²) in [5, 5.41) is 19.2. The van der Waals surface area contributed by atoms with Crippen LogP contribution in [0.15, 0.2) is 77.7 Å². The third-order valence-corrected chi connectivity index (χ3v) is 6.70. The summed E-state index contributed by atoms with van der Waals surface area (Å²) < 4.78 is 24.4. The van der Waals surface area contributed by atoms with Crippen LogP contribution in [-0.4, -0.2) is 44.1 Å². The summed E-state index contributed by atoms with van der Waals surface area (Å²) in [7, 11) is -3.43. The molecule has 9 nitrogen and oxygen atoms in total. The summed E-state index contributed by atoms with van der Waals surface area (Å²) in [5.41, 5.74) is 4.60. The Morgan fingerprint density at radius 1 is 1.00 bits per heavy atom. The van der Waals surface area contributed by atoms with Crippen LogP contribution < -0.4 is 15.7 Å². The Hall–Kier alpha value is -4.02. The van der Waals surface area contributed by atoms with Gasteiger partial charge in [-0.25, -0.2) is 8.42 Å². The Morgan fingerprint density at radius 3 is 2.30 bits per heavy atom. The number of amidine groups is 1. The lowest BCUT2D eigenvalue weighted by Gasteiger charge is -2.24. The number of benzene rings is 3. The lowest BCUT2D eigenvalue weighted by molar-refractivity contribution is -0.137. The molecule has 0 saturated carbocycles. The molecule has 3 aromatic rings. The number of nitrogens with zero attached hydrogens (tertiary/aromatic N) is 1. The molecule has 0 aliphatic carbocycles. The van der Waals surface area contributed by atoms with Gasteiger partial charge in [0.25, 0.3) is 0 Å². The van der Waals surface area contributed by atoms with Crippen molar-refractivity contribution in [1.29, 1.82) is 5.41 Å². The molecule has 3 aromatic carbocycles. The molecule has 0 fully saturated rings. The number of hydrogen-bond acceptors (Lipinski definition) is 6. The van der Waals surface area contributed by atoms with E-state index in [9.17, 15) is 18.0 Å². The van der Waals surface area contributed by atoms with Gasteiger partial charge in [0.15, 0.2) is 9.84 Å². The van der Waals surface area contributed by atoms with E-state index in [1.807, 2.05) is 13.8 Å². The average Bonchev–Trinajstić information content (AvgIpc) is 2.89. The molecule has 10 heteroatoms. The number of carbonyl (C=O) groups is 2. The van der Waals surface area contributed by atoms with Crippen LogP contribution in [0.4, 0.5) is 5.69 Å². The molecule has 0 aliphatic rings. The van der Waals surface area contributed by atoms with Crippen molar-refractivity contribution in [2.75, 3.05) is 17.7 Å². The summed E-state index contributed by atoms with van der Waals surface area (Å²) in [6.45, 7) is 4.24. The summed E-state index contributed by atoms with van der Waals surface area (Å²) >= 11 is 0. The third-order valence-electron chi connectivity index (χ3n) is 5.54. The van der Waals surface area contributed by atoms with Crippen LogP contribution in [0.3, 0.4) is 0 Å². The number of hydrogen-bond donors (Lipinski definition) is 4. The van der Waals surface area contributed by atoms with Gasteiger partial charge in [-0.15, -0.1) is 0 Å². The molecule has 0 saturated heterocycles. The van der Waals surface area contributed by atoms with E-state index in [2.05, 4.69) is 5.32 Å². The van der Waals surface area contributed by atoms with Crippen molar-refractivity contribution in [3.05, 3.63) is 83.9 Å². The zero-order chi connectivity index (χ0) is 27.2. The normalized spacial score (nSPS) is 11.2. The van der Waals surface area contributed by atoms with Gasteiger partial charge in [-0.2, -0.15) is 0 Å². The maximum Gasteiger partial charge on any atom is 0.316 e. The number of hydroxylamine groups is 1. The number of rotatable bonds is 8. The standard InChI is InChI=1S/C27H30N4O5S/c1-18(2)17-31(27(33)26(32)29-16-19-7-6-8-21(15-19)25(28)30-34)22-13-11-20(12-14-22)23-9-4-5-10-24(23)37(3,35)36/h4-15,18,34H,16-17H2,1-3H3,(H2,28,30)(H,29,32). The lowest BCUT2D eigenvalue weighted by atomic mass is 10.0. The van der Waals surface area contributed by atoms with Crippen LogP contribution in [0.25, 0.3) is 11.1 Å². The van der Waals surface area contributed by atoms with Gasteiger partial charge in [0.2, 0.25) is 0 Å². The van der Waals surface area contributed by atoms with E-state index in [0.717, 1.165) is 6.26 Å². The minimum absolute atomic E-state index is 0.0633. The smallest absolute Gasteiger partial charge is 0.316 e. The van der Waals surface area contributed by atoms with Gasteiger partial charge >= 0.3 is 11.8 Å². The van der Waals surface area contributed by atoms with Crippen LogP contribution >= 0.6 is 0 Å². The van der Waals surface area contributed by atoms with Crippen molar-refractivity contribution in [1.82, 2.24) is 10.8 Å². The molecule has 0 spiro atoms. The Labute approximate surface area is 216 Å². The van der Waals surface area contributed by atoms with E-state index >= 15 is 0 Å². The molecule has 0 atom stereocenters. The number of amides is 2. The molecule has 0 bridgehead atoms. The topological polar surface area (TPSA) is 140 Å². The van der Waals surface area contributed by atoms with E-state index in [1.165, 1.54) is 4.90 Å². The van der Waals surface area contributed by atoms with Crippen molar-refractivity contribution in [3.8, 4) is 11.1 Å². The molecule has 3 rings (SSSR count). The van der Waals surface area contributed by atoms with Crippen molar-refractivity contribution < 1.29 is 23.2 Å². The molecule has 37 heavy (non-hydrogen) atoms. The van der Waals surface area contributed by atoms with Crippen LogP contribution in [0.5, 0.6) is 0 Å². The zero-order valence-corrected chi connectivity index (χ0v) is 21.7. The highest BCUT2D eigenvalue weighted by atomic mass is 32.2. The van der Waals surface area contributed by atoms with Crippen LogP contribution in [0.2, 0.25) is 0 Å². The van der Waals surface area contributed by atoms with Crippen molar-refractivity contribution >= 4 is 33.2 Å². The second-order valence-electron chi connectivity index (χ2n) is 8.99. The zero-order valence-electron chi connectivity index (χ0n) is 20.9. The average molecular weight is 523 g/mol. The SMILES string of the molecule is CC(C)CN(C(=O)C(=O)NCc1cccc(C(=N)NO)c1)c1ccc(-c2ccccc2S(C)(=O)=O)cc1. The maximum absolute atomic E-state index is 13.1. The van der Waals surface area contributed by atoms with E-state index in [4.69, 9.17) is 10.6 Å². The fourth-order valence-electron chi connectivity index (χ4n) is 3.80. The molecule has 194 valence electrons. The summed E-state index contributed by atoms with van der Waals surface area (Å²) in [4.78, 5) is 27.5. The molecular weight excluding hydrogens is 492 g/mol. The minimum Gasteiger partial charge on any atom is -0.344 e. The number of nitrogens with one attached hydrogen (secondary N) is 3. The third kappa shape index (κ3) is 7.02. The van der Waals surface area contributed by atoms with Gasteiger partial charge in [-0.3, -0.25) is 25.7 Å². The van der Waals surface area contributed by atoms with Gasteiger partial charge in [0, 0.05) is 36.2 Å². The fraction of sp³-hybridized carbons (Fsp3) is 0.222.